The lowest BCUT2D eigenvalue weighted by molar-refractivity contribution is -0.131. The number of amides is 2. The zero-order valence-electron chi connectivity index (χ0n) is 15.4. The molecule has 0 spiro atoms. The maximum absolute atomic E-state index is 12.9. The normalized spacial score (nSPS) is 27.9. The number of hydrogen-bond acceptors (Lipinski definition) is 5. The van der Waals surface area contributed by atoms with E-state index in [0.717, 1.165) is 28.3 Å². The van der Waals surface area contributed by atoms with Gasteiger partial charge in [0.25, 0.3) is 5.91 Å². The highest BCUT2D eigenvalue weighted by Gasteiger charge is 2.49. The van der Waals surface area contributed by atoms with Crippen molar-refractivity contribution in [2.75, 3.05) is 18.8 Å². The second-order valence-corrected chi connectivity index (χ2v) is 9.82. The lowest BCUT2D eigenvalue weighted by Gasteiger charge is -2.23. The first-order valence-electron chi connectivity index (χ1n) is 9.48. The fraction of sp³-hybridized carbons (Fsp3) is 0.579. The van der Waals surface area contributed by atoms with E-state index in [0.29, 0.717) is 25.9 Å². The van der Waals surface area contributed by atoms with Crippen LogP contribution in [-0.4, -0.2) is 66.4 Å². The monoisotopic (exact) mass is 391 g/mol. The first-order chi connectivity index (χ1) is 12.8. The van der Waals surface area contributed by atoms with Gasteiger partial charge in [0.2, 0.25) is 15.9 Å². The highest BCUT2D eigenvalue weighted by Crippen LogP contribution is 2.34. The summed E-state index contributed by atoms with van der Waals surface area (Å²) in [5, 5.41) is 3.02. The minimum absolute atomic E-state index is 0.0320. The van der Waals surface area contributed by atoms with Gasteiger partial charge in [0, 0.05) is 25.2 Å². The SMILES string of the molecule is Cc1ccc(CC(=O)N[C@H]2C[C@H]3C(=O)N(C4CC4)S(=O)(=O)CCN3C2)cc1. The van der Waals surface area contributed by atoms with Crippen LogP contribution in [0.5, 0.6) is 0 Å². The number of carbonyl (C=O) groups excluding carboxylic acids is 2. The summed E-state index contributed by atoms with van der Waals surface area (Å²) < 4.78 is 26.0. The van der Waals surface area contributed by atoms with Crippen molar-refractivity contribution in [3.63, 3.8) is 0 Å². The number of benzene rings is 1. The van der Waals surface area contributed by atoms with Crippen LogP contribution in [0.25, 0.3) is 0 Å². The van der Waals surface area contributed by atoms with Gasteiger partial charge in [0.15, 0.2) is 0 Å². The molecule has 2 saturated heterocycles. The fourth-order valence-electron chi connectivity index (χ4n) is 4.01. The van der Waals surface area contributed by atoms with Crippen LogP contribution in [0.1, 0.15) is 30.4 Å². The zero-order valence-corrected chi connectivity index (χ0v) is 16.2. The van der Waals surface area contributed by atoms with Gasteiger partial charge in [0.1, 0.15) is 0 Å². The van der Waals surface area contributed by atoms with Gasteiger partial charge in [0.05, 0.1) is 18.2 Å². The lowest BCUT2D eigenvalue weighted by Crippen LogP contribution is -2.45. The molecule has 146 valence electrons. The second kappa shape index (κ2) is 6.91. The van der Waals surface area contributed by atoms with E-state index in [-0.39, 0.29) is 29.7 Å². The third kappa shape index (κ3) is 3.87. The minimum atomic E-state index is -3.52. The van der Waals surface area contributed by atoms with Crippen LogP contribution in [0.3, 0.4) is 0 Å². The Morgan fingerprint density at radius 2 is 1.93 bits per heavy atom. The Hall–Kier alpha value is -1.93. The molecule has 1 aliphatic carbocycles. The molecule has 2 aliphatic heterocycles. The fourth-order valence-corrected chi connectivity index (χ4v) is 5.74. The number of nitrogens with zero attached hydrogens (tertiary/aromatic N) is 2. The average molecular weight is 391 g/mol. The van der Waals surface area contributed by atoms with E-state index in [1.165, 1.54) is 0 Å². The first-order valence-corrected chi connectivity index (χ1v) is 11.1. The minimum Gasteiger partial charge on any atom is -0.352 e. The largest absolute Gasteiger partial charge is 0.352 e. The summed E-state index contributed by atoms with van der Waals surface area (Å²) in [4.78, 5) is 27.2. The van der Waals surface area contributed by atoms with E-state index in [4.69, 9.17) is 0 Å². The molecule has 0 radical (unpaired) electrons. The Bertz CT molecular complexity index is 848. The molecule has 0 aromatic heterocycles. The summed E-state index contributed by atoms with van der Waals surface area (Å²) in [6.45, 7) is 2.86. The van der Waals surface area contributed by atoms with Crippen LogP contribution in [0.15, 0.2) is 24.3 Å². The number of nitrogens with one attached hydrogen (secondary N) is 1. The molecule has 1 N–H and O–H groups in total. The Balaban J connectivity index is 1.40. The van der Waals surface area contributed by atoms with Crippen molar-refractivity contribution in [3.05, 3.63) is 35.4 Å². The Morgan fingerprint density at radius 3 is 2.59 bits per heavy atom. The van der Waals surface area contributed by atoms with E-state index in [9.17, 15) is 18.0 Å². The number of rotatable bonds is 4. The highest BCUT2D eigenvalue weighted by molar-refractivity contribution is 7.89. The van der Waals surface area contributed by atoms with Gasteiger partial charge in [-0.25, -0.2) is 12.7 Å². The molecular weight excluding hydrogens is 366 g/mol. The van der Waals surface area contributed by atoms with Crippen LogP contribution in [-0.2, 0) is 26.0 Å². The average Bonchev–Trinajstić information content (AvgIpc) is 3.35. The summed E-state index contributed by atoms with van der Waals surface area (Å²) in [6, 6.07) is 7.11. The number of sulfonamides is 1. The number of carbonyl (C=O) groups is 2. The van der Waals surface area contributed by atoms with Crippen molar-refractivity contribution in [2.24, 2.45) is 0 Å². The van der Waals surface area contributed by atoms with E-state index in [2.05, 4.69) is 5.32 Å². The van der Waals surface area contributed by atoms with E-state index in [1.54, 1.807) is 0 Å². The first kappa shape index (κ1) is 18.4. The van der Waals surface area contributed by atoms with Crippen molar-refractivity contribution in [3.8, 4) is 0 Å². The third-order valence-corrected chi connectivity index (χ3v) is 7.35. The summed E-state index contributed by atoms with van der Waals surface area (Å²) >= 11 is 0. The molecule has 7 nitrogen and oxygen atoms in total. The molecule has 27 heavy (non-hydrogen) atoms. The van der Waals surface area contributed by atoms with E-state index >= 15 is 0 Å². The van der Waals surface area contributed by atoms with Crippen molar-refractivity contribution in [2.45, 2.75) is 50.7 Å². The number of aryl methyl sites for hydroxylation is 1. The smallest absolute Gasteiger partial charge is 0.253 e. The zero-order chi connectivity index (χ0) is 19.2. The standard InChI is InChI=1S/C19H25N3O4S/c1-13-2-4-14(5-3-13)10-18(23)20-15-11-17-19(24)22(16-6-7-16)27(25,26)9-8-21(17)12-15/h2-5,15-17H,6-12H2,1H3,(H,20,23)/t15-,17-/m0/s1. The Labute approximate surface area is 159 Å². The molecule has 3 aliphatic rings. The molecule has 1 saturated carbocycles. The van der Waals surface area contributed by atoms with Crippen LogP contribution in [0.4, 0.5) is 0 Å². The van der Waals surface area contributed by atoms with Gasteiger partial charge in [-0.15, -0.1) is 0 Å². The molecule has 4 rings (SSSR count). The number of hydrogen-bond donors (Lipinski definition) is 1. The highest BCUT2D eigenvalue weighted by atomic mass is 32.2. The second-order valence-electron chi connectivity index (χ2n) is 7.85. The van der Waals surface area contributed by atoms with Gasteiger partial charge in [-0.2, -0.15) is 0 Å². The summed E-state index contributed by atoms with van der Waals surface area (Å²) in [7, 11) is -3.52. The van der Waals surface area contributed by atoms with Gasteiger partial charge >= 0.3 is 0 Å². The van der Waals surface area contributed by atoms with Crippen molar-refractivity contribution in [1.29, 1.82) is 0 Å². The Kier molecular flexibility index (Phi) is 4.71. The van der Waals surface area contributed by atoms with Gasteiger partial charge in [-0.05, 0) is 31.7 Å². The van der Waals surface area contributed by atoms with Gasteiger partial charge in [-0.1, -0.05) is 29.8 Å². The maximum Gasteiger partial charge on any atom is 0.253 e. The summed E-state index contributed by atoms with van der Waals surface area (Å²) in [5.41, 5.74) is 2.10. The third-order valence-electron chi connectivity index (χ3n) is 5.57. The quantitative estimate of drug-likeness (QED) is 0.804. The van der Waals surface area contributed by atoms with Crippen LogP contribution in [0.2, 0.25) is 0 Å². The molecule has 1 aromatic carbocycles. The molecule has 1 aromatic rings. The predicted molar refractivity (Wildman–Crippen MR) is 100 cm³/mol. The van der Waals surface area contributed by atoms with Crippen LogP contribution in [0, 0.1) is 6.92 Å². The van der Waals surface area contributed by atoms with E-state index < -0.39 is 16.1 Å². The van der Waals surface area contributed by atoms with Gasteiger partial charge < -0.3 is 5.32 Å². The van der Waals surface area contributed by atoms with Crippen molar-refractivity contribution in [1.82, 2.24) is 14.5 Å². The van der Waals surface area contributed by atoms with Crippen molar-refractivity contribution >= 4 is 21.8 Å². The molecule has 0 bridgehead atoms. The maximum atomic E-state index is 12.9. The molecule has 8 heteroatoms. The van der Waals surface area contributed by atoms with Crippen LogP contribution < -0.4 is 5.32 Å². The topological polar surface area (TPSA) is 86.8 Å². The Morgan fingerprint density at radius 1 is 1.22 bits per heavy atom. The van der Waals surface area contributed by atoms with E-state index in [1.807, 2.05) is 36.1 Å². The van der Waals surface area contributed by atoms with Gasteiger partial charge in [-0.3, -0.25) is 14.5 Å². The lowest BCUT2D eigenvalue weighted by atomic mass is 10.1. The molecule has 2 heterocycles. The van der Waals surface area contributed by atoms with Crippen LogP contribution >= 0.6 is 0 Å². The summed E-state index contributed by atoms with van der Waals surface area (Å²) in [5.74, 6) is -0.415. The summed E-state index contributed by atoms with van der Waals surface area (Å²) in [6.07, 6.45) is 2.29. The molecule has 0 unspecified atom stereocenters. The molecular formula is C19H25N3O4S. The number of fused-ring (bicyclic) bond motifs is 1. The predicted octanol–water partition coefficient (Wildman–Crippen LogP) is 0.431. The molecule has 2 amide bonds. The molecule has 2 atom stereocenters. The molecule has 3 fully saturated rings. The van der Waals surface area contributed by atoms with Crippen molar-refractivity contribution < 1.29 is 18.0 Å².